The summed E-state index contributed by atoms with van der Waals surface area (Å²) in [5.74, 6) is 0.668. The highest BCUT2D eigenvalue weighted by Crippen LogP contribution is 2.46. The number of nitrogens with zero attached hydrogens (tertiary/aromatic N) is 2. The van der Waals surface area contributed by atoms with E-state index in [9.17, 15) is 13.7 Å². The molecule has 1 unspecified atom stereocenters. The van der Waals surface area contributed by atoms with Crippen LogP contribution in [0, 0.1) is 18.3 Å². The molecular formula is C24H24N2O4S. The first-order valence-corrected chi connectivity index (χ1v) is 11.7. The number of anilines is 1. The van der Waals surface area contributed by atoms with Gasteiger partial charge in [0.15, 0.2) is 6.79 Å². The Balaban J connectivity index is 1.84. The minimum atomic E-state index is -3.51. The van der Waals surface area contributed by atoms with Gasteiger partial charge in [-0.3, -0.25) is 4.31 Å². The van der Waals surface area contributed by atoms with Crippen molar-refractivity contribution in [2.75, 3.05) is 24.0 Å². The maximum atomic E-state index is 13.2. The van der Waals surface area contributed by atoms with Crippen LogP contribution in [0.4, 0.5) is 5.69 Å². The van der Waals surface area contributed by atoms with Gasteiger partial charge in [-0.2, -0.15) is 5.26 Å². The first kappa shape index (κ1) is 21.2. The lowest BCUT2D eigenvalue weighted by Gasteiger charge is -2.28. The van der Waals surface area contributed by atoms with Gasteiger partial charge in [-0.1, -0.05) is 18.2 Å². The Morgan fingerprint density at radius 1 is 1.13 bits per heavy atom. The van der Waals surface area contributed by atoms with E-state index in [-0.39, 0.29) is 18.6 Å². The van der Waals surface area contributed by atoms with Crippen LogP contribution < -0.4 is 9.04 Å². The number of ether oxygens (including phenoxy) is 2. The molecule has 0 N–H and O–H groups in total. The molecule has 160 valence electrons. The highest BCUT2D eigenvalue weighted by molar-refractivity contribution is 7.92. The van der Waals surface area contributed by atoms with Gasteiger partial charge in [-0.15, -0.1) is 0 Å². The Bertz CT molecular complexity index is 1290. The van der Waals surface area contributed by atoms with E-state index in [1.165, 1.54) is 0 Å². The number of aryl methyl sites for hydroxylation is 1. The fraction of sp³-hybridized carbons (Fsp3) is 0.292. The zero-order valence-corrected chi connectivity index (χ0v) is 18.6. The molecule has 1 aliphatic heterocycles. The third-order valence-corrected chi connectivity index (χ3v) is 7.42. The number of sulfonamides is 1. The zero-order valence-electron chi connectivity index (χ0n) is 17.8. The number of fused-ring (bicyclic) bond motifs is 2. The molecule has 0 amide bonds. The van der Waals surface area contributed by atoms with Crippen LogP contribution in [0.15, 0.2) is 48.5 Å². The van der Waals surface area contributed by atoms with Crippen LogP contribution in [0.3, 0.4) is 0 Å². The molecule has 0 aromatic heterocycles. The first-order valence-electron chi connectivity index (χ1n) is 10.1. The number of rotatable bonds is 6. The molecular weight excluding hydrogens is 412 g/mol. The first-order chi connectivity index (χ1) is 14.9. The van der Waals surface area contributed by atoms with Crippen molar-refractivity contribution < 1.29 is 17.9 Å². The molecule has 0 aliphatic carbocycles. The molecule has 0 bridgehead atoms. The van der Waals surface area contributed by atoms with E-state index in [1.54, 1.807) is 24.4 Å². The van der Waals surface area contributed by atoms with E-state index in [0.717, 1.165) is 33.2 Å². The standard InChI is InChI=1S/C24H24N2O4S/c1-4-31(27,28)26-23(13-21-12-22(30-15-29-3)9-16(2)24(21)26)19-8-7-18-6-5-17(14-25)10-20(18)11-19/h5-12,23H,4,13,15H2,1-3H3. The molecule has 1 atom stereocenters. The van der Waals surface area contributed by atoms with Crippen LogP contribution >= 0.6 is 0 Å². The normalized spacial score (nSPS) is 15.7. The maximum Gasteiger partial charge on any atom is 0.235 e. The highest BCUT2D eigenvalue weighted by atomic mass is 32.2. The van der Waals surface area contributed by atoms with Gasteiger partial charge >= 0.3 is 0 Å². The van der Waals surface area contributed by atoms with Gasteiger partial charge in [0.05, 0.1) is 29.1 Å². The van der Waals surface area contributed by atoms with Crippen molar-refractivity contribution in [2.45, 2.75) is 26.3 Å². The lowest BCUT2D eigenvalue weighted by atomic mass is 9.98. The van der Waals surface area contributed by atoms with Gasteiger partial charge in [-0.25, -0.2) is 8.42 Å². The fourth-order valence-corrected chi connectivity index (χ4v) is 5.61. The molecule has 4 rings (SSSR count). The van der Waals surface area contributed by atoms with E-state index in [0.29, 0.717) is 17.7 Å². The lowest BCUT2D eigenvalue weighted by molar-refractivity contribution is 0.0510. The molecule has 31 heavy (non-hydrogen) atoms. The van der Waals surface area contributed by atoms with Crippen molar-refractivity contribution in [3.8, 4) is 11.8 Å². The van der Waals surface area contributed by atoms with Crippen LogP contribution in [0.5, 0.6) is 5.75 Å². The number of hydrogen-bond acceptors (Lipinski definition) is 5. The zero-order chi connectivity index (χ0) is 22.2. The molecule has 1 heterocycles. The van der Waals surface area contributed by atoms with E-state index in [4.69, 9.17) is 9.47 Å². The van der Waals surface area contributed by atoms with Crippen LogP contribution in [-0.4, -0.2) is 28.1 Å². The molecule has 0 saturated heterocycles. The van der Waals surface area contributed by atoms with Gasteiger partial charge in [0.2, 0.25) is 10.0 Å². The summed E-state index contributed by atoms with van der Waals surface area (Å²) in [6.07, 6.45) is 0.545. The quantitative estimate of drug-likeness (QED) is 0.533. The van der Waals surface area contributed by atoms with E-state index < -0.39 is 10.0 Å². The molecule has 0 saturated carbocycles. The number of benzene rings is 3. The van der Waals surface area contributed by atoms with Gasteiger partial charge in [-0.05, 0) is 71.6 Å². The average Bonchev–Trinajstić information content (AvgIpc) is 3.18. The summed E-state index contributed by atoms with van der Waals surface area (Å²) in [4.78, 5) is 0. The fourth-order valence-electron chi connectivity index (χ4n) is 4.21. The smallest absolute Gasteiger partial charge is 0.235 e. The molecule has 3 aromatic carbocycles. The molecule has 0 spiro atoms. The molecule has 1 aliphatic rings. The van der Waals surface area contributed by atoms with Gasteiger partial charge < -0.3 is 9.47 Å². The Kier molecular flexibility index (Phi) is 5.61. The second kappa shape index (κ2) is 8.22. The Hall–Kier alpha value is -3.08. The largest absolute Gasteiger partial charge is 0.468 e. The molecule has 7 heteroatoms. The second-order valence-electron chi connectivity index (χ2n) is 7.65. The van der Waals surface area contributed by atoms with E-state index in [2.05, 4.69) is 6.07 Å². The molecule has 3 aromatic rings. The summed E-state index contributed by atoms with van der Waals surface area (Å²) in [6.45, 7) is 3.69. The van der Waals surface area contributed by atoms with Crippen LogP contribution in [0.1, 0.15) is 35.2 Å². The topological polar surface area (TPSA) is 79.6 Å². The van der Waals surface area contributed by atoms with Crippen LogP contribution in [0.25, 0.3) is 10.8 Å². The summed E-state index contributed by atoms with van der Waals surface area (Å²) >= 11 is 0. The number of methoxy groups -OCH3 is 1. The van der Waals surface area contributed by atoms with Crippen molar-refractivity contribution in [3.63, 3.8) is 0 Å². The highest BCUT2D eigenvalue weighted by Gasteiger charge is 2.39. The summed E-state index contributed by atoms with van der Waals surface area (Å²) < 4.78 is 38.5. The minimum Gasteiger partial charge on any atom is -0.468 e. The van der Waals surface area contributed by atoms with Gasteiger partial charge in [0.25, 0.3) is 0 Å². The predicted octanol–water partition coefficient (Wildman–Crippen LogP) is 4.46. The minimum absolute atomic E-state index is 0.0104. The van der Waals surface area contributed by atoms with Crippen molar-refractivity contribution in [1.82, 2.24) is 0 Å². The average molecular weight is 437 g/mol. The Morgan fingerprint density at radius 3 is 2.61 bits per heavy atom. The summed E-state index contributed by atoms with van der Waals surface area (Å²) in [7, 11) is -1.95. The third-order valence-electron chi connectivity index (χ3n) is 5.66. The Labute approximate surface area is 182 Å². The van der Waals surface area contributed by atoms with E-state index in [1.807, 2.05) is 49.4 Å². The predicted molar refractivity (Wildman–Crippen MR) is 121 cm³/mol. The molecule has 0 radical (unpaired) electrons. The number of hydrogen-bond donors (Lipinski definition) is 0. The number of nitriles is 1. The van der Waals surface area contributed by atoms with Crippen molar-refractivity contribution in [3.05, 3.63) is 70.8 Å². The maximum absolute atomic E-state index is 13.2. The van der Waals surface area contributed by atoms with Gasteiger partial charge in [0, 0.05) is 13.5 Å². The second-order valence-corrected chi connectivity index (χ2v) is 9.78. The Morgan fingerprint density at radius 2 is 1.90 bits per heavy atom. The van der Waals surface area contributed by atoms with Crippen LogP contribution in [-0.2, 0) is 21.2 Å². The van der Waals surface area contributed by atoms with Gasteiger partial charge in [0.1, 0.15) is 5.75 Å². The van der Waals surface area contributed by atoms with Crippen molar-refractivity contribution in [2.24, 2.45) is 0 Å². The summed E-state index contributed by atoms with van der Waals surface area (Å²) in [5.41, 5.74) is 3.97. The van der Waals surface area contributed by atoms with Crippen molar-refractivity contribution >= 4 is 26.5 Å². The summed E-state index contributed by atoms with van der Waals surface area (Å²) in [6, 6.07) is 17.0. The lowest BCUT2D eigenvalue weighted by Crippen LogP contribution is -2.33. The molecule has 6 nitrogen and oxygen atoms in total. The summed E-state index contributed by atoms with van der Waals surface area (Å²) in [5, 5.41) is 11.2. The van der Waals surface area contributed by atoms with Crippen LogP contribution in [0.2, 0.25) is 0 Å². The van der Waals surface area contributed by atoms with E-state index >= 15 is 0 Å². The molecule has 0 fully saturated rings. The SMILES string of the molecule is CCS(=O)(=O)N1c2c(C)cc(OCOC)cc2CC1c1ccc2ccc(C#N)cc2c1. The third kappa shape index (κ3) is 3.85. The van der Waals surface area contributed by atoms with Crippen molar-refractivity contribution in [1.29, 1.82) is 5.26 Å². The monoisotopic (exact) mass is 436 g/mol.